The minimum Gasteiger partial charge on any atom is -0.419 e. The molecule has 112 valence electrons. The lowest BCUT2D eigenvalue weighted by atomic mass is 10.2. The maximum absolute atomic E-state index is 10.6. The van der Waals surface area contributed by atoms with Gasteiger partial charge in [-0.2, -0.15) is 0 Å². The van der Waals surface area contributed by atoms with Crippen molar-refractivity contribution >= 4 is 5.69 Å². The Balaban J connectivity index is 2.10. The molecular weight excluding hydrogens is 276 g/mol. The molecule has 1 heterocycles. The van der Waals surface area contributed by atoms with Crippen molar-refractivity contribution in [3.63, 3.8) is 0 Å². The number of nitro benzene ring substituents is 1. The minimum atomic E-state index is -0.464. The lowest BCUT2D eigenvalue weighted by molar-refractivity contribution is -0.384. The van der Waals surface area contributed by atoms with E-state index in [4.69, 9.17) is 9.52 Å². The van der Waals surface area contributed by atoms with Crippen LogP contribution in [0.2, 0.25) is 0 Å². The van der Waals surface area contributed by atoms with Crippen LogP contribution in [-0.4, -0.2) is 44.8 Å². The topological polar surface area (TPSA) is 106 Å². The van der Waals surface area contributed by atoms with Crippen molar-refractivity contribution in [1.29, 1.82) is 0 Å². The summed E-state index contributed by atoms with van der Waals surface area (Å²) < 4.78 is 5.52. The highest BCUT2D eigenvalue weighted by Crippen LogP contribution is 2.21. The van der Waals surface area contributed by atoms with Crippen molar-refractivity contribution in [3.05, 3.63) is 40.3 Å². The van der Waals surface area contributed by atoms with Gasteiger partial charge in [0.25, 0.3) is 5.69 Å². The molecule has 1 atom stereocenters. The molecule has 0 bridgehead atoms. The lowest BCUT2D eigenvalue weighted by Crippen LogP contribution is -2.31. The summed E-state index contributed by atoms with van der Waals surface area (Å²) in [5, 5.41) is 27.5. The third-order valence-corrected chi connectivity index (χ3v) is 3.19. The average Bonchev–Trinajstić information content (AvgIpc) is 2.94. The van der Waals surface area contributed by atoms with E-state index in [1.54, 1.807) is 12.1 Å². The van der Waals surface area contributed by atoms with E-state index < -0.39 is 4.92 Å². The molecule has 0 spiro atoms. The summed E-state index contributed by atoms with van der Waals surface area (Å²) in [6.07, 6.45) is 0. The molecule has 0 aliphatic heterocycles. The molecule has 1 unspecified atom stereocenters. The van der Waals surface area contributed by atoms with Gasteiger partial charge < -0.3 is 9.52 Å². The van der Waals surface area contributed by atoms with Crippen LogP contribution in [0.15, 0.2) is 28.7 Å². The SMILES string of the molecule is CC(CO)N(C)Cc1nnc(-c2ccc([N+](=O)[O-])cc2)o1. The number of hydrogen-bond donors (Lipinski definition) is 1. The van der Waals surface area contributed by atoms with Gasteiger partial charge in [-0.3, -0.25) is 15.0 Å². The summed E-state index contributed by atoms with van der Waals surface area (Å²) in [5.74, 6) is 0.733. The third kappa shape index (κ3) is 3.61. The molecule has 0 radical (unpaired) electrons. The van der Waals surface area contributed by atoms with Gasteiger partial charge in [-0.05, 0) is 26.1 Å². The molecule has 0 amide bonds. The quantitative estimate of drug-likeness (QED) is 0.634. The van der Waals surface area contributed by atoms with Crippen molar-refractivity contribution < 1.29 is 14.4 Å². The van der Waals surface area contributed by atoms with Gasteiger partial charge in [0.1, 0.15) is 0 Å². The van der Waals surface area contributed by atoms with Gasteiger partial charge in [-0.1, -0.05) is 0 Å². The Morgan fingerprint density at radius 2 is 2.05 bits per heavy atom. The number of nitro groups is 1. The van der Waals surface area contributed by atoms with Crippen molar-refractivity contribution in [1.82, 2.24) is 15.1 Å². The molecule has 1 aromatic heterocycles. The van der Waals surface area contributed by atoms with E-state index in [0.29, 0.717) is 23.9 Å². The zero-order chi connectivity index (χ0) is 15.4. The largest absolute Gasteiger partial charge is 0.419 e. The second-order valence-corrected chi connectivity index (χ2v) is 4.75. The number of aromatic nitrogens is 2. The molecule has 1 aromatic carbocycles. The fourth-order valence-electron chi connectivity index (χ4n) is 1.67. The number of nitrogens with zero attached hydrogens (tertiary/aromatic N) is 4. The molecule has 21 heavy (non-hydrogen) atoms. The normalized spacial score (nSPS) is 12.6. The van der Waals surface area contributed by atoms with Gasteiger partial charge in [0.2, 0.25) is 11.8 Å². The zero-order valence-electron chi connectivity index (χ0n) is 11.8. The Bertz CT molecular complexity index is 611. The summed E-state index contributed by atoms with van der Waals surface area (Å²) in [5.41, 5.74) is 0.632. The van der Waals surface area contributed by atoms with Gasteiger partial charge in [0.15, 0.2) is 0 Å². The Labute approximate surface area is 121 Å². The van der Waals surface area contributed by atoms with Crippen LogP contribution in [0.25, 0.3) is 11.5 Å². The number of hydrogen-bond acceptors (Lipinski definition) is 7. The Hall–Kier alpha value is -2.32. The number of aliphatic hydroxyl groups excluding tert-OH is 1. The third-order valence-electron chi connectivity index (χ3n) is 3.19. The predicted octanol–water partition coefficient (Wildman–Crippen LogP) is 1.46. The number of benzene rings is 1. The number of rotatable bonds is 6. The summed E-state index contributed by atoms with van der Waals surface area (Å²) >= 11 is 0. The Morgan fingerprint density at radius 1 is 1.38 bits per heavy atom. The maximum atomic E-state index is 10.6. The fourth-order valence-corrected chi connectivity index (χ4v) is 1.67. The van der Waals surface area contributed by atoms with Gasteiger partial charge in [0, 0.05) is 23.7 Å². The van der Waals surface area contributed by atoms with Gasteiger partial charge in [-0.25, -0.2) is 0 Å². The number of non-ortho nitro benzene ring substituents is 1. The van der Waals surface area contributed by atoms with Crippen LogP contribution in [-0.2, 0) is 6.54 Å². The summed E-state index contributed by atoms with van der Waals surface area (Å²) in [4.78, 5) is 12.0. The first-order chi connectivity index (χ1) is 10.0. The number of likely N-dealkylation sites (N-methyl/N-ethyl adjacent to an activating group) is 1. The predicted molar refractivity (Wildman–Crippen MR) is 74.4 cm³/mol. The van der Waals surface area contributed by atoms with Crippen molar-refractivity contribution in [2.75, 3.05) is 13.7 Å². The first kappa shape index (κ1) is 15.1. The van der Waals surface area contributed by atoms with Gasteiger partial charge in [0.05, 0.1) is 18.1 Å². The molecular formula is C13H16N4O4. The molecule has 2 aromatic rings. The van der Waals surface area contributed by atoms with Crippen LogP contribution in [0.4, 0.5) is 5.69 Å². The van der Waals surface area contributed by atoms with Crippen molar-refractivity contribution in [3.8, 4) is 11.5 Å². The van der Waals surface area contributed by atoms with Crippen LogP contribution in [0.5, 0.6) is 0 Å². The molecule has 8 heteroatoms. The molecule has 0 aliphatic carbocycles. The van der Waals surface area contributed by atoms with Gasteiger partial charge in [-0.15, -0.1) is 10.2 Å². The van der Waals surface area contributed by atoms with Crippen LogP contribution in [0.3, 0.4) is 0 Å². The van der Waals surface area contributed by atoms with E-state index in [2.05, 4.69) is 10.2 Å². The average molecular weight is 292 g/mol. The van der Waals surface area contributed by atoms with Gasteiger partial charge >= 0.3 is 0 Å². The minimum absolute atomic E-state index is 0.00925. The highest BCUT2D eigenvalue weighted by molar-refractivity contribution is 5.55. The fraction of sp³-hybridized carbons (Fsp3) is 0.385. The Kier molecular flexibility index (Phi) is 4.61. The highest BCUT2D eigenvalue weighted by atomic mass is 16.6. The van der Waals surface area contributed by atoms with E-state index in [-0.39, 0.29) is 18.3 Å². The molecule has 0 aliphatic rings. The van der Waals surface area contributed by atoms with Crippen LogP contribution < -0.4 is 0 Å². The van der Waals surface area contributed by atoms with E-state index >= 15 is 0 Å². The zero-order valence-corrected chi connectivity index (χ0v) is 11.8. The molecule has 0 saturated carbocycles. The van der Waals surface area contributed by atoms with E-state index in [1.165, 1.54) is 12.1 Å². The monoisotopic (exact) mass is 292 g/mol. The van der Waals surface area contributed by atoms with E-state index in [9.17, 15) is 10.1 Å². The molecule has 2 rings (SSSR count). The second-order valence-electron chi connectivity index (χ2n) is 4.75. The summed E-state index contributed by atoms with van der Waals surface area (Å²) in [6, 6.07) is 5.89. The molecule has 0 fully saturated rings. The molecule has 1 N–H and O–H groups in total. The maximum Gasteiger partial charge on any atom is 0.269 e. The van der Waals surface area contributed by atoms with E-state index in [1.807, 2.05) is 18.9 Å². The van der Waals surface area contributed by atoms with Crippen LogP contribution in [0, 0.1) is 10.1 Å². The van der Waals surface area contributed by atoms with Crippen LogP contribution in [0.1, 0.15) is 12.8 Å². The summed E-state index contributed by atoms with van der Waals surface area (Å²) in [6.45, 7) is 2.34. The highest BCUT2D eigenvalue weighted by Gasteiger charge is 2.14. The molecule has 8 nitrogen and oxygen atoms in total. The first-order valence-corrected chi connectivity index (χ1v) is 6.39. The lowest BCUT2D eigenvalue weighted by Gasteiger charge is -2.20. The Morgan fingerprint density at radius 3 is 2.62 bits per heavy atom. The standard InChI is InChI=1S/C13H16N4O4/c1-9(8-18)16(2)7-12-14-15-13(21-12)10-3-5-11(6-4-10)17(19)20/h3-6,9,18H,7-8H2,1-2H3. The molecule has 0 saturated heterocycles. The summed E-state index contributed by atoms with van der Waals surface area (Å²) in [7, 11) is 1.84. The first-order valence-electron chi connectivity index (χ1n) is 6.39. The number of aliphatic hydroxyl groups is 1. The van der Waals surface area contributed by atoms with Crippen LogP contribution >= 0.6 is 0 Å². The van der Waals surface area contributed by atoms with Crippen molar-refractivity contribution in [2.45, 2.75) is 19.5 Å². The van der Waals surface area contributed by atoms with Crippen molar-refractivity contribution in [2.24, 2.45) is 0 Å². The van der Waals surface area contributed by atoms with E-state index in [0.717, 1.165) is 0 Å². The smallest absolute Gasteiger partial charge is 0.269 e. The second kappa shape index (κ2) is 6.42.